The molecule has 2 bridgehead atoms. The van der Waals surface area contributed by atoms with Crippen molar-refractivity contribution in [2.45, 2.75) is 55.9 Å². The third-order valence-corrected chi connectivity index (χ3v) is 7.96. The molecule has 0 aromatic heterocycles. The fraction of sp³-hybridized carbons (Fsp3) is 0.481. The van der Waals surface area contributed by atoms with E-state index in [0.29, 0.717) is 43.1 Å². The van der Waals surface area contributed by atoms with Gasteiger partial charge in [-0.05, 0) is 63.4 Å². The van der Waals surface area contributed by atoms with Crippen LogP contribution in [0, 0.1) is 5.82 Å². The van der Waals surface area contributed by atoms with E-state index in [1.54, 1.807) is 19.2 Å². The van der Waals surface area contributed by atoms with Crippen LogP contribution >= 0.6 is 23.2 Å². The number of carbonyl (C=O) groups is 2. The molecule has 3 aliphatic carbocycles. The highest BCUT2D eigenvalue weighted by atomic mass is 35.5. The summed E-state index contributed by atoms with van der Waals surface area (Å²) in [4.78, 5) is 27.7. The summed E-state index contributed by atoms with van der Waals surface area (Å²) in [6.07, 6.45) is 1.19. The van der Waals surface area contributed by atoms with Crippen LogP contribution < -0.4 is 25.0 Å². The molecule has 4 aliphatic rings. The fourth-order valence-corrected chi connectivity index (χ4v) is 5.86. The Bertz CT molecular complexity index is 1250. The zero-order valence-corrected chi connectivity index (χ0v) is 22.9. The number of hydrogen-bond acceptors (Lipinski definition) is 6. The number of nitrogens with zero attached hydrogens (tertiary/aromatic N) is 1. The Morgan fingerprint density at radius 1 is 1.13 bits per heavy atom. The second-order valence-corrected chi connectivity index (χ2v) is 11.9. The van der Waals surface area contributed by atoms with Crippen molar-refractivity contribution in [1.29, 1.82) is 0 Å². The summed E-state index contributed by atoms with van der Waals surface area (Å²) in [5.74, 6) is -0.292. The second kappa shape index (κ2) is 9.77. The predicted octanol–water partition coefficient (Wildman–Crippen LogP) is 4.11. The maximum Gasteiger partial charge on any atom is 0.263 e. The van der Waals surface area contributed by atoms with E-state index < -0.39 is 17.5 Å². The molecule has 8 nitrogen and oxygen atoms in total. The van der Waals surface area contributed by atoms with Gasteiger partial charge in [0, 0.05) is 35.8 Å². The number of hydrogen-bond donors (Lipinski definition) is 2. The van der Waals surface area contributed by atoms with E-state index in [1.807, 2.05) is 19.9 Å². The number of nitrogens with one attached hydrogen (secondary N) is 2. The molecule has 2 aromatic rings. The van der Waals surface area contributed by atoms with Crippen LogP contribution in [0.1, 0.15) is 33.1 Å². The third-order valence-electron chi connectivity index (χ3n) is 7.42. The van der Waals surface area contributed by atoms with Gasteiger partial charge in [0.25, 0.3) is 11.8 Å². The molecule has 2 N–H and O–H groups in total. The van der Waals surface area contributed by atoms with E-state index in [4.69, 9.17) is 37.4 Å². The largest absolute Gasteiger partial charge is 0.484 e. The molecule has 1 atom stereocenters. The number of carbonyl (C=O) groups excluding carboxylic acids is 2. The van der Waals surface area contributed by atoms with Crippen molar-refractivity contribution >= 4 is 40.7 Å². The molecule has 0 radical (unpaired) electrons. The van der Waals surface area contributed by atoms with Gasteiger partial charge in [0.1, 0.15) is 17.3 Å². The zero-order valence-electron chi connectivity index (χ0n) is 21.4. The van der Waals surface area contributed by atoms with Gasteiger partial charge in [-0.25, -0.2) is 4.39 Å². The maximum absolute atomic E-state index is 13.6. The predicted molar refractivity (Wildman–Crippen MR) is 142 cm³/mol. The highest BCUT2D eigenvalue weighted by Gasteiger charge is 2.69. The van der Waals surface area contributed by atoms with Gasteiger partial charge in [-0.3, -0.25) is 9.59 Å². The summed E-state index contributed by atoms with van der Waals surface area (Å²) in [5.41, 5.74) is -0.334. The Balaban J connectivity index is 1.14. The van der Waals surface area contributed by atoms with Gasteiger partial charge in [-0.2, -0.15) is 0 Å². The minimum Gasteiger partial charge on any atom is -0.484 e. The van der Waals surface area contributed by atoms with Crippen molar-refractivity contribution < 1.29 is 28.2 Å². The number of methoxy groups -OCH3 is 1. The molecule has 3 saturated carbocycles. The topological polar surface area (TPSA) is 89.1 Å². The average molecular weight is 566 g/mol. The van der Waals surface area contributed by atoms with Gasteiger partial charge in [0.05, 0.1) is 22.9 Å². The zero-order chi connectivity index (χ0) is 27.3. The quantitative estimate of drug-likeness (QED) is 0.475. The van der Waals surface area contributed by atoms with Crippen molar-refractivity contribution in [3.05, 3.63) is 52.3 Å². The maximum atomic E-state index is 13.6. The molecule has 0 saturated heterocycles. The molecule has 204 valence electrons. The van der Waals surface area contributed by atoms with Gasteiger partial charge in [0.2, 0.25) is 0 Å². The minimum absolute atomic E-state index is 0.0123. The highest BCUT2D eigenvalue weighted by Crippen LogP contribution is 2.60. The minimum atomic E-state index is -0.705. The number of amides is 2. The summed E-state index contributed by atoms with van der Waals surface area (Å²) < 4.78 is 30.6. The summed E-state index contributed by atoms with van der Waals surface area (Å²) in [6, 6.07) is 9.36. The van der Waals surface area contributed by atoms with E-state index in [1.165, 1.54) is 12.1 Å². The van der Waals surface area contributed by atoms with E-state index in [2.05, 4.69) is 15.5 Å². The Morgan fingerprint density at radius 2 is 1.84 bits per heavy atom. The monoisotopic (exact) mass is 565 g/mol. The highest BCUT2D eigenvalue weighted by molar-refractivity contribution is 6.31. The molecule has 2 amide bonds. The Hall–Kier alpha value is -2.75. The van der Waals surface area contributed by atoms with Crippen LogP contribution in [0.2, 0.25) is 10.0 Å². The van der Waals surface area contributed by atoms with Crippen molar-refractivity contribution in [3.8, 4) is 11.5 Å². The number of rotatable bonds is 9. The molecule has 11 heteroatoms. The van der Waals surface area contributed by atoms with Crippen molar-refractivity contribution in [2.24, 2.45) is 0 Å². The van der Waals surface area contributed by atoms with Gasteiger partial charge < -0.3 is 29.7 Å². The first-order valence-electron chi connectivity index (χ1n) is 12.4. The third kappa shape index (κ3) is 5.37. The molecule has 1 heterocycles. The Labute approximate surface area is 230 Å². The lowest BCUT2D eigenvalue weighted by molar-refractivity contribution is -0.154. The van der Waals surface area contributed by atoms with Crippen molar-refractivity contribution in [2.75, 3.05) is 31.7 Å². The lowest BCUT2D eigenvalue weighted by Gasteiger charge is -2.70. The lowest BCUT2D eigenvalue weighted by atomic mass is 9.44. The number of fused-ring (bicyclic) bond motifs is 1. The normalized spacial score (nSPS) is 25.3. The van der Waals surface area contributed by atoms with Crippen molar-refractivity contribution in [1.82, 2.24) is 10.6 Å². The van der Waals surface area contributed by atoms with Crippen LogP contribution in [0.4, 0.5) is 10.1 Å². The molecule has 38 heavy (non-hydrogen) atoms. The van der Waals surface area contributed by atoms with Crippen LogP contribution in [0.15, 0.2) is 36.4 Å². The molecular formula is C27H30Cl2FN3O5. The van der Waals surface area contributed by atoms with Crippen LogP contribution in [0.25, 0.3) is 0 Å². The van der Waals surface area contributed by atoms with E-state index >= 15 is 0 Å². The second-order valence-electron chi connectivity index (χ2n) is 11.1. The van der Waals surface area contributed by atoms with Gasteiger partial charge in [0.15, 0.2) is 12.7 Å². The average Bonchev–Trinajstić information content (AvgIpc) is 2.82. The summed E-state index contributed by atoms with van der Waals surface area (Å²) in [7, 11) is 1.66. The van der Waals surface area contributed by atoms with Gasteiger partial charge >= 0.3 is 0 Å². The number of halogens is 3. The molecule has 0 spiro atoms. The van der Waals surface area contributed by atoms with Crippen LogP contribution in [-0.2, 0) is 14.3 Å². The molecular weight excluding hydrogens is 536 g/mol. The first-order chi connectivity index (χ1) is 17.9. The van der Waals surface area contributed by atoms with Crippen molar-refractivity contribution in [3.63, 3.8) is 0 Å². The van der Waals surface area contributed by atoms with E-state index in [9.17, 15) is 14.0 Å². The van der Waals surface area contributed by atoms with Crippen LogP contribution in [-0.4, -0.2) is 61.4 Å². The molecule has 3 fully saturated rings. The molecule has 6 rings (SSSR count). The molecule has 0 unspecified atom stereocenters. The van der Waals surface area contributed by atoms with Crippen LogP contribution in [0.3, 0.4) is 0 Å². The van der Waals surface area contributed by atoms with E-state index in [0.717, 1.165) is 11.8 Å². The standard InChI is InChI=1S/C27H30Cl2FN3O5/c1-25(2,36-3)15-33-10-22(38-21-7-4-16(28)8-20(21)33)24(35)32-27-12-26(13-27,14-27)31-23(34)11-37-17-5-6-18(29)19(30)9-17/h4-9,22H,10-15H2,1-3H3,(H,31,34)(H,32,35)/t22-,26?,27?/m0/s1. The van der Waals surface area contributed by atoms with Gasteiger partial charge in [-0.1, -0.05) is 23.2 Å². The van der Waals surface area contributed by atoms with E-state index in [-0.39, 0.29) is 40.3 Å². The first-order valence-corrected chi connectivity index (χ1v) is 13.1. The summed E-state index contributed by atoms with van der Waals surface area (Å²) in [5, 5.41) is 6.71. The smallest absolute Gasteiger partial charge is 0.263 e. The fourth-order valence-electron chi connectivity index (χ4n) is 5.58. The Kier molecular flexibility index (Phi) is 6.90. The number of ether oxygens (including phenoxy) is 3. The first kappa shape index (κ1) is 26.8. The summed E-state index contributed by atoms with van der Waals surface area (Å²) >= 11 is 11.9. The van der Waals surface area contributed by atoms with Crippen LogP contribution in [0.5, 0.6) is 11.5 Å². The lowest BCUT2D eigenvalue weighted by Crippen LogP contribution is -2.84. The Morgan fingerprint density at radius 3 is 2.53 bits per heavy atom. The summed E-state index contributed by atoms with van der Waals surface area (Å²) in [6.45, 7) is 4.63. The SMILES string of the molecule is COC(C)(C)CN1C[C@@H](C(=O)NC23CC(NC(=O)COc4ccc(Cl)c(F)c4)(C2)C3)Oc2ccc(Cl)cc21. The molecule has 1 aliphatic heterocycles. The van der Waals surface area contributed by atoms with Gasteiger partial charge in [-0.15, -0.1) is 0 Å². The number of anilines is 1. The molecule has 2 aromatic carbocycles. The number of benzene rings is 2.